The Kier molecular flexibility index (Phi) is 4.16. The van der Waals surface area contributed by atoms with Crippen LogP contribution in [0.4, 0.5) is 0 Å². The van der Waals surface area contributed by atoms with Gasteiger partial charge in [0.15, 0.2) is 0 Å². The number of rotatable bonds is 5. The van der Waals surface area contributed by atoms with E-state index in [1.165, 1.54) is 17.5 Å². The number of aromatic nitrogens is 2. The van der Waals surface area contributed by atoms with E-state index in [1.54, 1.807) is 11.8 Å². The molecule has 0 aromatic carbocycles. The second-order valence-corrected chi connectivity index (χ2v) is 5.01. The quantitative estimate of drug-likeness (QED) is 0.793. The van der Waals surface area contributed by atoms with E-state index in [0.29, 0.717) is 29.4 Å². The summed E-state index contributed by atoms with van der Waals surface area (Å²) < 4.78 is 6.58. The summed E-state index contributed by atoms with van der Waals surface area (Å²) in [6.45, 7) is 2.90. The molecule has 2 rings (SSSR count). The molecule has 0 bridgehead atoms. The van der Waals surface area contributed by atoms with Crippen molar-refractivity contribution >= 4 is 28.7 Å². The lowest BCUT2D eigenvalue weighted by atomic mass is 10.1. The zero-order valence-electron chi connectivity index (χ0n) is 10.1. The number of aryl methyl sites for hydroxylation is 1. The van der Waals surface area contributed by atoms with Gasteiger partial charge in [0.1, 0.15) is 5.69 Å². The second kappa shape index (κ2) is 5.65. The highest BCUT2D eigenvalue weighted by molar-refractivity contribution is 7.08. The number of carbonyl (C=O) groups excluding carboxylic acids is 1. The number of ether oxygens (including phenoxy) is 1. The third kappa shape index (κ3) is 2.48. The molecule has 18 heavy (non-hydrogen) atoms. The van der Waals surface area contributed by atoms with Gasteiger partial charge >= 0.3 is 0 Å². The van der Waals surface area contributed by atoms with E-state index >= 15 is 0 Å². The fraction of sp³-hybridized carbons (Fsp3) is 0.333. The topological polar surface area (TPSA) is 44.1 Å². The Balaban J connectivity index is 2.35. The molecule has 0 atom stereocenters. The first-order valence-electron chi connectivity index (χ1n) is 5.43. The number of hydrogen-bond acceptors (Lipinski definition) is 4. The average Bonchev–Trinajstić information content (AvgIpc) is 2.92. The summed E-state index contributed by atoms with van der Waals surface area (Å²) in [5.74, 6) is -0.0904. The monoisotopic (exact) mass is 284 g/mol. The van der Waals surface area contributed by atoms with Crippen molar-refractivity contribution in [2.75, 3.05) is 13.7 Å². The van der Waals surface area contributed by atoms with Gasteiger partial charge in [-0.25, -0.2) is 0 Å². The summed E-state index contributed by atoms with van der Waals surface area (Å²) in [6, 6.07) is 0. The van der Waals surface area contributed by atoms with Crippen LogP contribution >= 0.6 is 22.9 Å². The summed E-state index contributed by atoms with van der Waals surface area (Å²) in [6.07, 6.45) is 1.49. The number of methoxy groups -OCH3 is 1. The van der Waals surface area contributed by atoms with Crippen molar-refractivity contribution in [1.29, 1.82) is 0 Å². The van der Waals surface area contributed by atoms with Gasteiger partial charge in [-0.15, -0.1) is 0 Å². The first kappa shape index (κ1) is 13.3. The lowest BCUT2D eigenvalue weighted by molar-refractivity contribution is 0.102. The maximum Gasteiger partial charge on any atom is 0.213 e. The number of ketones is 1. The SMILES string of the molecule is COCCn1ncc(Cl)c1C(=O)c1cscc1C. The Hall–Kier alpha value is -1.17. The smallest absolute Gasteiger partial charge is 0.213 e. The predicted octanol–water partition coefficient (Wildman–Crippen LogP) is 2.78. The van der Waals surface area contributed by atoms with Gasteiger partial charge in [0, 0.05) is 18.1 Å². The van der Waals surface area contributed by atoms with Crippen molar-refractivity contribution in [3.05, 3.63) is 38.8 Å². The third-order valence-electron chi connectivity index (χ3n) is 2.62. The van der Waals surface area contributed by atoms with E-state index in [-0.39, 0.29) is 5.78 Å². The minimum atomic E-state index is -0.0904. The highest BCUT2D eigenvalue weighted by atomic mass is 35.5. The van der Waals surface area contributed by atoms with Crippen molar-refractivity contribution in [2.45, 2.75) is 13.5 Å². The molecule has 0 saturated carbocycles. The fourth-order valence-corrected chi connectivity index (χ4v) is 2.71. The molecule has 96 valence electrons. The molecule has 0 saturated heterocycles. The molecule has 2 aromatic rings. The van der Waals surface area contributed by atoms with Gasteiger partial charge in [0.25, 0.3) is 0 Å². The Morgan fingerprint density at radius 3 is 2.94 bits per heavy atom. The van der Waals surface area contributed by atoms with E-state index < -0.39 is 0 Å². The van der Waals surface area contributed by atoms with E-state index in [0.717, 1.165) is 5.56 Å². The van der Waals surface area contributed by atoms with Crippen LogP contribution in [-0.2, 0) is 11.3 Å². The van der Waals surface area contributed by atoms with Crippen LogP contribution in [0.15, 0.2) is 17.0 Å². The molecule has 0 aliphatic heterocycles. The van der Waals surface area contributed by atoms with Crippen LogP contribution in [0.3, 0.4) is 0 Å². The van der Waals surface area contributed by atoms with Crippen LogP contribution < -0.4 is 0 Å². The first-order valence-corrected chi connectivity index (χ1v) is 6.75. The van der Waals surface area contributed by atoms with Crippen LogP contribution in [0.1, 0.15) is 21.6 Å². The zero-order chi connectivity index (χ0) is 13.1. The van der Waals surface area contributed by atoms with Crippen LogP contribution in [0.2, 0.25) is 5.02 Å². The average molecular weight is 285 g/mol. The summed E-state index contributed by atoms with van der Waals surface area (Å²) in [5, 5.41) is 8.25. The normalized spacial score (nSPS) is 10.8. The van der Waals surface area contributed by atoms with Crippen molar-refractivity contribution in [3.63, 3.8) is 0 Å². The molecule has 0 amide bonds. The molecule has 4 nitrogen and oxygen atoms in total. The molecule has 0 aliphatic carbocycles. The molecule has 2 heterocycles. The van der Waals surface area contributed by atoms with Crippen LogP contribution in [0.25, 0.3) is 0 Å². The second-order valence-electron chi connectivity index (χ2n) is 3.85. The Bertz CT molecular complexity index is 562. The van der Waals surface area contributed by atoms with Gasteiger partial charge in [0.05, 0.1) is 24.4 Å². The Morgan fingerprint density at radius 1 is 1.56 bits per heavy atom. The third-order valence-corrected chi connectivity index (χ3v) is 3.76. The highest BCUT2D eigenvalue weighted by Gasteiger charge is 2.20. The highest BCUT2D eigenvalue weighted by Crippen LogP contribution is 2.23. The largest absolute Gasteiger partial charge is 0.383 e. The van der Waals surface area contributed by atoms with Gasteiger partial charge in [-0.3, -0.25) is 9.48 Å². The van der Waals surface area contributed by atoms with Gasteiger partial charge < -0.3 is 4.74 Å². The van der Waals surface area contributed by atoms with E-state index in [1.807, 2.05) is 17.7 Å². The van der Waals surface area contributed by atoms with Crippen molar-refractivity contribution in [2.24, 2.45) is 0 Å². The van der Waals surface area contributed by atoms with Crippen LogP contribution in [-0.4, -0.2) is 29.3 Å². The van der Waals surface area contributed by atoms with Crippen LogP contribution in [0.5, 0.6) is 0 Å². The molecule has 2 aromatic heterocycles. The molecule has 6 heteroatoms. The Labute approximate surface area is 114 Å². The fourth-order valence-electron chi connectivity index (χ4n) is 1.66. The lowest BCUT2D eigenvalue weighted by Crippen LogP contribution is -2.14. The Morgan fingerprint density at radius 2 is 2.33 bits per heavy atom. The molecular weight excluding hydrogens is 272 g/mol. The summed E-state index contributed by atoms with van der Waals surface area (Å²) in [7, 11) is 1.61. The summed E-state index contributed by atoms with van der Waals surface area (Å²) in [4.78, 5) is 12.4. The summed E-state index contributed by atoms with van der Waals surface area (Å²) in [5.41, 5.74) is 2.07. The van der Waals surface area contributed by atoms with Gasteiger partial charge in [-0.2, -0.15) is 16.4 Å². The van der Waals surface area contributed by atoms with Crippen molar-refractivity contribution < 1.29 is 9.53 Å². The maximum atomic E-state index is 12.4. The maximum absolute atomic E-state index is 12.4. The van der Waals surface area contributed by atoms with Crippen molar-refractivity contribution in [3.8, 4) is 0 Å². The minimum Gasteiger partial charge on any atom is -0.383 e. The van der Waals surface area contributed by atoms with Crippen LogP contribution in [0, 0.1) is 6.92 Å². The lowest BCUT2D eigenvalue weighted by Gasteiger charge is -2.06. The minimum absolute atomic E-state index is 0.0904. The van der Waals surface area contributed by atoms with Gasteiger partial charge in [-0.05, 0) is 17.9 Å². The number of halogens is 1. The number of nitrogens with zero attached hydrogens (tertiary/aromatic N) is 2. The molecule has 0 fully saturated rings. The molecule has 0 radical (unpaired) electrons. The number of hydrogen-bond donors (Lipinski definition) is 0. The zero-order valence-corrected chi connectivity index (χ0v) is 11.7. The predicted molar refractivity (Wildman–Crippen MR) is 71.6 cm³/mol. The molecule has 0 aliphatic rings. The molecule has 0 unspecified atom stereocenters. The van der Waals surface area contributed by atoms with Crippen molar-refractivity contribution in [1.82, 2.24) is 9.78 Å². The molecule has 0 N–H and O–H groups in total. The first-order chi connectivity index (χ1) is 8.65. The van der Waals surface area contributed by atoms with E-state index in [9.17, 15) is 4.79 Å². The molecule has 0 spiro atoms. The summed E-state index contributed by atoms with van der Waals surface area (Å²) >= 11 is 7.55. The van der Waals surface area contributed by atoms with E-state index in [4.69, 9.17) is 16.3 Å². The number of carbonyl (C=O) groups is 1. The molecular formula is C12H13ClN2O2S. The standard InChI is InChI=1S/C12H13ClN2O2S/c1-8-6-18-7-9(8)12(16)11-10(13)5-14-15(11)3-4-17-2/h5-7H,3-4H2,1-2H3. The van der Waals surface area contributed by atoms with E-state index in [2.05, 4.69) is 5.10 Å². The van der Waals surface area contributed by atoms with Gasteiger partial charge in [-0.1, -0.05) is 11.6 Å². The number of thiophene rings is 1. The van der Waals surface area contributed by atoms with Gasteiger partial charge in [0.2, 0.25) is 5.78 Å².